The summed E-state index contributed by atoms with van der Waals surface area (Å²) in [6.45, 7) is 4.42. The van der Waals surface area contributed by atoms with Crippen molar-refractivity contribution in [2.75, 3.05) is 0 Å². The van der Waals surface area contributed by atoms with Crippen LogP contribution in [0.15, 0.2) is 30.3 Å². The fourth-order valence-electron chi connectivity index (χ4n) is 1.24. The van der Waals surface area contributed by atoms with E-state index in [9.17, 15) is 5.11 Å². The van der Waals surface area contributed by atoms with Crippen molar-refractivity contribution in [3.05, 3.63) is 35.9 Å². The summed E-state index contributed by atoms with van der Waals surface area (Å²) in [7, 11) is 0. The van der Waals surface area contributed by atoms with E-state index in [1.807, 2.05) is 44.2 Å². The van der Waals surface area contributed by atoms with Crippen molar-refractivity contribution in [1.29, 1.82) is 0 Å². The maximum Gasteiger partial charge on any atom is 0.0810 e. The molecule has 0 saturated carbocycles. The van der Waals surface area contributed by atoms with E-state index in [4.69, 9.17) is 4.74 Å². The molecule has 1 N–H and O–H groups in total. The maximum absolute atomic E-state index is 9.48. The Labute approximate surface area is 85.5 Å². The van der Waals surface area contributed by atoms with Crippen LogP contribution in [-0.4, -0.2) is 17.3 Å². The fourth-order valence-corrected chi connectivity index (χ4v) is 1.24. The van der Waals surface area contributed by atoms with Crippen molar-refractivity contribution in [1.82, 2.24) is 0 Å². The van der Waals surface area contributed by atoms with E-state index in [0.29, 0.717) is 6.61 Å². The lowest BCUT2D eigenvalue weighted by Crippen LogP contribution is -2.24. The molecule has 0 bridgehead atoms. The molecule has 1 rings (SSSR count). The lowest BCUT2D eigenvalue weighted by Gasteiger charge is -2.17. The van der Waals surface area contributed by atoms with Gasteiger partial charge in [0.1, 0.15) is 0 Å². The second-order valence-electron chi connectivity index (χ2n) is 3.48. The lowest BCUT2D eigenvalue weighted by molar-refractivity contribution is -0.0360. The predicted octanol–water partition coefficient (Wildman–Crippen LogP) is 2.36. The summed E-state index contributed by atoms with van der Waals surface area (Å²) in [5.41, 5.74) is 1.14. The van der Waals surface area contributed by atoms with Gasteiger partial charge in [-0.25, -0.2) is 0 Å². The van der Waals surface area contributed by atoms with Crippen LogP contribution in [0.5, 0.6) is 0 Å². The number of aliphatic hydroxyl groups excluding tert-OH is 1. The first-order valence-corrected chi connectivity index (χ1v) is 5.07. The third kappa shape index (κ3) is 3.48. The third-order valence-corrected chi connectivity index (χ3v) is 2.32. The number of benzene rings is 1. The third-order valence-electron chi connectivity index (χ3n) is 2.32. The topological polar surface area (TPSA) is 29.5 Å². The molecule has 1 aromatic rings. The van der Waals surface area contributed by atoms with Gasteiger partial charge in [-0.3, -0.25) is 0 Å². The van der Waals surface area contributed by atoms with E-state index >= 15 is 0 Å². The van der Waals surface area contributed by atoms with E-state index in [-0.39, 0.29) is 12.2 Å². The lowest BCUT2D eigenvalue weighted by atomic mass is 10.2. The van der Waals surface area contributed by atoms with Crippen LogP contribution in [0.3, 0.4) is 0 Å². The molecular formula is C12H18O2. The molecule has 1 aromatic carbocycles. The number of hydrogen-bond acceptors (Lipinski definition) is 2. The molecule has 0 aliphatic carbocycles. The second kappa shape index (κ2) is 5.78. The Bertz CT molecular complexity index is 246. The van der Waals surface area contributed by atoms with Crippen molar-refractivity contribution in [2.45, 2.75) is 39.1 Å². The van der Waals surface area contributed by atoms with Crippen molar-refractivity contribution < 1.29 is 9.84 Å². The minimum Gasteiger partial charge on any atom is -0.390 e. The molecule has 0 radical (unpaired) electrons. The number of ether oxygens (including phenoxy) is 1. The smallest absolute Gasteiger partial charge is 0.0810 e. The van der Waals surface area contributed by atoms with E-state index in [1.54, 1.807) is 0 Å². The minimum atomic E-state index is -0.362. The fraction of sp³-hybridized carbons (Fsp3) is 0.500. The summed E-state index contributed by atoms with van der Waals surface area (Å²) < 4.78 is 5.53. The molecule has 0 aliphatic heterocycles. The molecule has 0 unspecified atom stereocenters. The summed E-state index contributed by atoms with van der Waals surface area (Å²) in [5, 5.41) is 9.48. The van der Waals surface area contributed by atoms with Gasteiger partial charge in [0.25, 0.3) is 0 Å². The summed E-state index contributed by atoms with van der Waals surface area (Å²) in [4.78, 5) is 0. The predicted molar refractivity (Wildman–Crippen MR) is 57.0 cm³/mol. The van der Waals surface area contributed by atoms with Gasteiger partial charge in [-0.1, -0.05) is 37.3 Å². The Morgan fingerprint density at radius 3 is 2.50 bits per heavy atom. The number of hydrogen-bond donors (Lipinski definition) is 1. The van der Waals surface area contributed by atoms with Crippen LogP contribution in [0.1, 0.15) is 25.8 Å². The van der Waals surface area contributed by atoms with Crippen LogP contribution in [-0.2, 0) is 11.3 Å². The Hall–Kier alpha value is -0.860. The van der Waals surface area contributed by atoms with Crippen molar-refractivity contribution in [3.8, 4) is 0 Å². The van der Waals surface area contributed by atoms with Crippen molar-refractivity contribution in [3.63, 3.8) is 0 Å². The van der Waals surface area contributed by atoms with Crippen LogP contribution in [0.4, 0.5) is 0 Å². The van der Waals surface area contributed by atoms with Gasteiger partial charge < -0.3 is 9.84 Å². The number of rotatable bonds is 5. The normalized spacial score (nSPS) is 15.1. The highest BCUT2D eigenvalue weighted by Crippen LogP contribution is 2.07. The van der Waals surface area contributed by atoms with Gasteiger partial charge in [0.15, 0.2) is 0 Å². The zero-order valence-electron chi connectivity index (χ0n) is 8.81. The number of aliphatic hydroxyl groups is 1. The first-order valence-electron chi connectivity index (χ1n) is 5.07. The van der Waals surface area contributed by atoms with Gasteiger partial charge >= 0.3 is 0 Å². The standard InChI is InChI=1S/C12H18O2/c1-3-12(13)10(2)14-9-11-7-5-4-6-8-11/h4-8,10,12-13H,3,9H2,1-2H3/t10-,12-/m1/s1. The van der Waals surface area contributed by atoms with Crippen LogP contribution in [0.25, 0.3) is 0 Å². The van der Waals surface area contributed by atoms with Gasteiger partial charge in [-0.2, -0.15) is 0 Å². The van der Waals surface area contributed by atoms with E-state index in [2.05, 4.69) is 0 Å². The Balaban J connectivity index is 2.34. The summed E-state index contributed by atoms with van der Waals surface area (Å²) >= 11 is 0. The molecular weight excluding hydrogens is 176 g/mol. The molecule has 2 atom stereocenters. The largest absolute Gasteiger partial charge is 0.390 e. The van der Waals surface area contributed by atoms with Gasteiger partial charge in [0.2, 0.25) is 0 Å². The average Bonchev–Trinajstić information content (AvgIpc) is 2.26. The zero-order valence-corrected chi connectivity index (χ0v) is 8.81. The zero-order chi connectivity index (χ0) is 10.4. The molecule has 0 fully saturated rings. The van der Waals surface area contributed by atoms with E-state index < -0.39 is 0 Å². The van der Waals surface area contributed by atoms with E-state index in [0.717, 1.165) is 12.0 Å². The van der Waals surface area contributed by atoms with Gasteiger partial charge in [0, 0.05) is 0 Å². The Morgan fingerprint density at radius 2 is 1.93 bits per heavy atom. The molecule has 14 heavy (non-hydrogen) atoms. The molecule has 2 nitrogen and oxygen atoms in total. The summed E-state index contributed by atoms with van der Waals surface area (Å²) in [5.74, 6) is 0. The summed E-state index contributed by atoms with van der Waals surface area (Å²) in [6, 6.07) is 9.99. The average molecular weight is 194 g/mol. The van der Waals surface area contributed by atoms with Crippen molar-refractivity contribution in [2.24, 2.45) is 0 Å². The van der Waals surface area contributed by atoms with Gasteiger partial charge in [-0.05, 0) is 18.9 Å². The van der Waals surface area contributed by atoms with Gasteiger partial charge in [-0.15, -0.1) is 0 Å². The highest BCUT2D eigenvalue weighted by molar-refractivity contribution is 5.13. The van der Waals surface area contributed by atoms with Crippen LogP contribution < -0.4 is 0 Å². The molecule has 0 spiro atoms. The monoisotopic (exact) mass is 194 g/mol. The minimum absolute atomic E-state index is 0.0970. The first kappa shape index (κ1) is 11.2. The Kier molecular flexibility index (Phi) is 4.63. The highest BCUT2D eigenvalue weighted by Gasteiger charge is 2.11. The molecule has 0 saturated heterocycles. The second-order valence-corrected chi connectivity index (χ2v) is 3.48. The molecule has 0 aromatic heterocycles. The first-order chi connectivity index (χ1) is 6.74. The molecule has 0 aliphatic rings. The highest BCUT2D eigenvalue weighted by atomic mass is 16.5. The van der Waals surface area contributed by atoms with Crippen LogP contribution >= 0.6 is 0 Å². The molecule has 0 heterocycles. The quantitative estimate of drug-likeness (QED) is 0.779. The molecule has 78 valence electrons. The summed E-state index contributed by atoms with van der Waals surface area (Å²) in [6.07, 6.45) is 0.273. The maximum atomic E-state index is 9.48. The molecule has 2 heteroatoms. The van der Waals surface area contributed by atoms with E-state index in [1.165, 1.54) is 0 Å². The molecule has 0 amide bonds. The van der Waals surface area contributed by atoms with Gasteiger partial charge in [0.05, 0.1) is 18.8 Å². The Morgan fingerprint density at radius 1 is 1.29 bits per heavy atom. The van der Waals surface area contributed by atoms with Crippen molar-refractivity contribution >= 4 is 0 Å². The van der Waals surface area contributed by atoms with Crippen LogP contribution in [0, 0.1) is 0 Å². The van der Waals surface area contributed by atoms with Crippen LogP contribution in [0.2, 0.25) is 0 Å². The SMILES string of the molecule is CC[C@@H](O)[C@@H](C)OCc1ccccc1.